The Morgan fingerprint density at radius 1 is 1.04 bits per heavy atom. The maximum absolute atomic E-state index is 13.7. The molecule has 7 heteroatoms. The van der Waals surface area contributed by atoms with E-state index in [0.29, 0.717) is 5.75 Å². The fraction of sp³-hybridized carbons (Fsp3) is 0.235. The van der Waals surface area contributed by atoms with Gasteiger partial charge >= 0.3 is 5.97 Å². The van der Waals surface area contributed by atoms with Gasteiger partial charge in [-0.2, -0.15) is 0 Å². The molecule has 0 fully saturated rings. The zero-order valence-corrected chi connectivity index (χ0v) is 14.1. The van der Waals surface area contributed by atoms with E-state index < -0.39 is 11.8 Å². The summed E-state index contributed by atoms with van der Waals surface area (Å²) in [6.45, 7) is -0.304. The number of benzene rings is 2. The number of halogens is 2. The largest absolute Gasteiger partial charge is 0.493 e. The summed E-state index contributed by atoms with van der Waals surface area (Å²) in [4.78, 5) is 12.3. The number of rotatable bonds is 6. The number of methoxy groups -OCH3 is 3. The zero-order valence-electron chi connectivity index (χ0n) is 13.4. The number of ether oxygens (including phenoxy) is 4. The first kappa shape index (κ1) is 17.9. The first-order chi connectivity index (χ1) is 11.5. The van der Waals surface area contributed by atoms with E-state index in [4.69, 9.17) is 30.5 Å². The Balaban J connectivity index is 2.27. The molecule has 2 rings (SSSR count). The van der Waals surface area contributed by atoms with Crippen LogP contribution >= 0.6 is 11.6 Å². The molecule has 0 spiro atoms. The molecule has 0 aliphatic carbocycles. The van der Waals surface area contributed by atoms with Crippen LogP contribution in [0.25, 0.3) is 0 Å². The molecule has 0 aliphatic heterocycles. The standard InChI is InChI=1S/C17H16ClFO5/c1-21-14-8-7-10(15(22-2)16(14)23-3)17(20)24-9-11-12(18)5-4-6-13(11)19/h4-8H,9H2,1-3H3. The predicted octanol–water partition coefficient (Wildman–Crippen LogP) is 3.86. The first-order valence-electron chi connectivity index (χ1n) is 6.92. The molecule has 0 atom stereocenters. The maximum Gasteiger partial charge on any atom is 0.342 e. The Bertz CT molecular complexity index is 728. The average molecular weight is 355 g/mol. The lowest BCUT2D eigenvalue weighted by atomic mass is 10.1. The molecule has 0 aromatic heterocycles. The van der Waals surface area contributed by atoms with Crippen LogP contribution in [0.1, 0.15) is 15.9 Å². The van der Waals surface area contributed by atoms with E-state index in [9.17, 15) is 9.18 Å². The van der Waals surface area contributed by atoms with Gasteiger partial charge in [0.2, 0.25) is 5.75 Å². The van der Waals surface area contributed by atoms with Crippen LogP contribution < -0.4 is 14.2 Å². The molecule has 0 saturated carbocycles. The summed E-state index contributed by atoms with van der Waals surface area (Å²) in [5.41, 5.74) is 0.231. The monoisotopic (exact) mass is 354 g/mol. The smallest absolute Gasteiger partial charge is 0.342 e. The Morgan fingerprint density at radius 3 is 2.33 bits per heavy atom. The van der Waals surface area contributed by atoms with Crippen LogP contribution in [0.3, 0.4) is 0 Å². The molecule has 5 nitrogen and oxygen atoms in total. The Morgan fingerprint density at radius 2 is 1.75 bits per heavy atom. The average Bonchev–Trinajstić information content (AvgIpc) is 2.59. The second kappa shape index (κ2) is 7.88. The second-order valence-corrected chi connectivity index (χ2v) is 5.07. The van der Waals surface area contributed by atoms with Crippen molar-refractivity contribution >= 4 is 17.6 Å². The number of esters is 1. The van der Waals surface area contributed by atoms with E-state index >= 15 is 0 Å². The Hall–Kier alpha value is -2.47. The molecular formula is C17H16ClFO5. The van der Waals surface area contributed by atoms with Crippen LogP contribution in [0.5, 0.6) is 17.2 Å². The normalized spacial score (nSPS) is 10.2. The van der Waals surface area contributed by atoms with Crippen molar-refractivity contribution in [1.82, 2.24) is 0 Å². The van der Waals surface area contributed by atoms with Crippen molar-refractivity contribution < 1.29 is 28.1 Å². The van der Waals surface area contributed by atoms with Crippen molar-refractivity contribution in [3.63, 3.8) is 0 Å². The number of carbonyl (C=O) groups is 1. The van der Waals surface area contributed by atoms with Crippen LogP contribution in [0.15, 0.2) is 30.3 Å². The summed E-state index contributed by atoms with van der Waals surface area (Å²) in [6.07, 6.45) is 0. The van der Waals surface area contributed by atoms with Gasteiger partial charge in [0, 0.05) is 5.56 Å². The summed E-state index contributed by atoms with van der Waals surface area (Å²) in [5, 5.41) is 0.182. The lowest BCUT2D eigenvalue weighted by molar-refractivity contribution is 0.0464. The van der Waals surface area contributed by atoms with Gasteiger partial charge in [0.05, 0.1) is 26.4 Å². The van der Waals surface area contributed by atoms with Gasteiger partial charge in [0.25, 0.3) is 0 Å². The van der Waals surface area contributed by atoms with Crippen LogP contribution in [-0.4, -0.2) is 27.3 Å². The van der Waals surface area contributed by atoms with Crippen molar-refractivity contribution in [1.29, 1.82) is 0 Å². The van der Waals surface area contributed by atoms with E-state index in [-0.39, 0.29) is 34.3 Å². The third-order valence-electron chi connectivity index (χ3n) is 3.33. The lowest BCUT2D eigenvalue weighted by Crippen LogP contribution is -2.09. The highest BCUT2D eigenvalue weighted by molar-refractivity contribution is 6.31. The summed E-state index contributed by atoms with van der Waals surface area (Å²) in [5.74, 6) is -0.412. The minimum atomic E-state index is -0.702. The topological polar surface area (TPSA) is 54.0 Å². The van der Waals surface area contributed by atoms with Crippen molar-refractivity contribution in [2.24, 2.45) is 0 Å². The van der Waals surface area contributed by atoms with Gasteiger partial charge in [-0.05, 0) is 24.3 Å². The fourth-order valence-corrected chi connectivity index (χ4v) is 2.37. The number of carbonyl (C=O) groups excluding carboxylic acids is 1. The predicted molar refractivity (Wildman–Crippen MR) is 86.6 cm³/mol. The molecule has 0 N–H and O–H groups in total. The molecule has 128 valence electrons. The highest BCUT2D eigenvalue weighted by Gasteiger charge is 2.22. The second-order valence-electron chi connectivity index (χ2n) is 4.66. The summed E-state index contributed by atoms with van der Waals surface area (Å²) in [7, 11) is 4.28. The summed E-state index contributed by atoms with van der Waals surface area (Å²) in [6, 6.07) is 7.26. The molecule has 24 heavy (non-hydrogen) atoms. The van der Waals surface area contributed by atoms with Gasteiger partial charge in [-0.1, -0.05) is 17.7 Å². The van der Waals surface area contributed by atoms with Gasteiger partial charge < -0.3 is 18.9 Å². The quantitative estimate of drug-likeness (QED) is 0.737. The van der Waals surface area contributed by atoms with Crippen molar-refractivity contribution in [3.8, 4) is 17.2 Å². The minimum Gasteiger partial charge on any atom is -0.493 e. The fourth-order valence-electron chi connectivity index (χ4n) is 2.15. The Kier molecular flexibility index (Phi) is 5.87. The van der Waals surface area contributed by atoms with Crippen LogP contribution in [0, 0.1) is 5.82 Å². The molecule has 0 aliphatic rings. The van der Waals surface area contributed by atoms with Gasteiger partial charge in [-0.15, -0.1) is 0 Å². The molecule has 2 aromatic carbocycles. The molecule has 0 heterocycles. The molecule has 0 bridgehead atoms. The number of hydrogen-bond acceptors (Lipinski definition) is 5. The van der Waals surface area contributed by atoms with Gasteiger partial charge in [-0.25, -0.2) is 9.18 Å². The SMILES string of the molecule is COc1ccc(C(=O)OCc2c(F)cccc2Cl)c(OC)c1OC. The molecule has 2 aromatic rings. The summed E-state index contributed by atoms with van der Waals surface area (Å²) >= 11 is 5.91. The lowest BCUT2D eigenvalue weighted by Gasteiger charge is -2.15. The third kappa shape index (κ3) is 3.54. The van der Waals surface area contributed by atoms with Crippen molar-refractivity contribution in [2.75, 3.05) is 21.3 Å². The Labute approximate surface area is 143 Å². The van der Waals surface area contributed by atoms with E-state index in [2.05, 4.69) is 0 Å². The minimum absolute atomic E-state index is 0.104. The molecular weight excluding hydrogens is 339 g/mol. The highest BCUT2D eigenvalue weighted by Crippen LogP contribution is 2.40. The van der Waals surface area contributed by atoms with Gasteiger partial charge in [0.1, 0.15) is 18.0 Å². The number of hydrogen-bond donors (Lipinski definition) is 0. The molecule has 0 amide bonds. The van der Waals surface area contributed by atoms with Crippen molar-refractivity contribution in [3.05, 3.63) is 52.3 Å². The van der Waals surface area contributed by atoms with E-state index in [0.717, 1.165) is 0 Å². The van der Waals surface area contributed by atoms with Crippen LogP contribution in [0.2, 0.25) is 5.02 Å². The molecule has 0 radical (unpaired) electrons. The van der Waals surface area contributed by atoms with Crippen LogP contribution in [0.4, 0.5) is 4.39 Å². The molecule has 0 unspecified atom stereocenters. The van der Waals surface area contributed by atoms with Gasteiger partial charge in [0.15, 0.2) is 11.5 Å². The van der Waals surface area contributed by atoms with Crippen LogP contribution in [-0.2, 0) is 11.3 Å². The third-order valence-corrected chi connectivity index (χ3v) is 3.69. The first-order valence-corrected chi connectivity index (χ1v) is 7.30. The van der Waals surface area contributed by atoms with E-state index in [1.165, 1.54) is 45.6 Å². The van der Waals surface area contributed by atoms with Gasteiger partial charge in [-0.3, -0.25) is 0 Å². The van der Waals surface area contributed by atoms with E-state index in [1.807, 2.05) is 0 Å². The van der Waals surface area contributed by atoms with Crippen molar-refractivity contribution in [2.45, 2.75) is 6.61 Å². The highest BCUT2D eigenvalue weighted by atomic mass is 35.5. The molecule has 0 saturated heterocycles. The zero-order chi connectivity index (χ0) is 17.7. The summed E-state index contributed by atoms with van der Waals surface area (Å²) < 4.78 is 34.5. The maximum atomic E-state index is 13.7. The van der Waals surface area contributed by atoms with E-state index in [1.54, 1.807) is 6.07 Å².